The molecule has 3 unspecified atom stereocenters. The summed E-state index contributed by atoms with van der Waals surface area (Å²) in [6.07, 6.45) is 23.7. The highest BCUT2D eigenvalue weighted by atomic mass is 16.5. The summed E-state index contributed by atoms with van der Waals surface area (Å²) in [6, 6.07) is 0. The molecule has 0 saturated carbocycles. The van der Waals surface area contributed by atoms with Crippen LogP contribution in [0.2, 0.25) is 0 Å². The Hall–Kier alpha value is -0.730. The van der Waals surface area contributed by atoms with Crippen LogP contribution in [0.5, 0.6) is 0 Å². The molecular weight excluding hydrogens is 506 g/mol. The maximum absolute atomic E-state index is 12.0. The Balaban J connectivity index is 3.42. The highest BCUT2D eigenvalue weighted by Crippen LogP contribution is 2.15. The van der Waals surface area contributed by atoms with E-state index >= 15 is 0 Å². The Bertz CT molecular complexity index is 521. The molecule has 0 fully saturated rings. The minimum Gasteiger partial charge on any atom is -0.396 e. The molecule has 7 nitrogen and oxygen atoms in total. The van der Waals surface area contributed by atoms with Crippen molar-refractivity contribution >= 4 is 5.91 Å². The SMILES string of the molecule is CCCCCCCCCCCCCCOCC(O)CNC(=O)CCCCCCCC(O)C(O)CCCCCCO. The van der Waals surface area contributed by atoms with Crippen molar-refractivity contribution in [3.8, 4) is 0 Å². The fraction of sp³-hybridized carbons (Fsp3) is 0.970. The van der Waals surface area contributed by atoms with E-state index < -0.39 is 18.3 Å². The third-order valence-electron chi connectivity index (χ3n) is 7.74. The number of hydrogen-bond donors (Lipinski definition) is 5. The van der Waals surface area contributed by atoms with Crippen LogP contribution in [0.4, 0.5) is 0 Å². The van der Waals surface area contributed by atoms with Crippen molar-refractivity contribution in [3.05, 3.63) is 0 Å². The molecule has 0 bridgehead atoms. The van der Waals surface area contributed by atoms with Crippen molar-refractivity contribution in [2.24, 2.45) is 0 Å². The van der Waals surface area contributed by atoms with Gasteiger partial charge in [0, 0.05) is 26.2 Å². The molecule has 0 aliphatic heterocycles. The standard InChI is InChI=1S/C33H67NO6/c1-2-3-4-5-6-7-8-9-10-11-17-22-27-40-29-30(36)28-34-33(39)25-20-14-12-13-18-23-31(37)32(38)24-19-15-16-21-26-35/h30-32,35-38H,2-29H2,1H3,(H,34,39). The van der Waals surface area contributed by atoms with Gasteiger partial charge in [0.25, 0.3) is 0 Å². The first kappa shape index (κ1) is 39.3. The number of unbranched alkanes of at least 4 members (excludes halogenated alkanes) is 18. The molecule has 7 heteroatoms. The number of nitrogens with one attached hydrogen (secondary N) is 1. The van der Waals surface area contributed by atoms with Gasteiger partial charge in [-0.1, -0.05) is 122 Å². The lowest BCUT2D eigenvalue weighted by Crippen LogP contribution is -2.34. The van der Waals surface area contributed by atoms with Gasteiger partial charge in [-0.05, 0) is 32.1 Å². The molecular formula is C33H67NO6. The Labute approximate surface area is 246 Å². The highest BCUT2D eigenvalue weighted by molar-refractivity contribution is 5.75. The van der Waals surface area contributed by atoms with Crippen molar-refractivity contribution in [3.63, 3.8) is 0 Å². The van der Waals surface area contributed by atoms with E-state index in [2.05, 4.69) is 12.2 Å². The van der Waals surface area contributed by atoms with Gasteiger partial charge >= 0.3 is 0 Å². The number of hydrogen-bond acceptors (Lipinski definition) is 6. The second-order valence-corrected chi connectivity index (χ2v) is 11.8. The van der Waals surface area contributed by atoms with Gasteiger partial charge in [0.2, 0.25) is 5.91 Å². The number of carbonyl (C=O) groups excluding carboxylic acids is 1. The lowest BCUT2D eigenvalue weighted by atomic mass is 10.00. The van der Waals surface area contributed by atoms with Crippen LogP contribution >= 0.6 is 0 Å². The zero-order valence-corrected chi connectivity index (χ0v) is 26.1. The third kappa shape index (κ3) is 28.8. The van der Waals surface area contributed by atoms with E-state index in [1.54, 1.807) is 0 Å². The van der Waals surface area contributed by atoms with Crippen LogP contribution in [-0.2, 0) is 9.53 Å². The molecule has 0 radical (unpaired) electrons. The number of rotatable bonds is 32. The lowest BCUT2D eigenvalue weighted by Gasteiger charge is -2.17. The fourth-order valence-electron chi connectivity index (χ4n) is 5.02. The van der Waals surface area contributed by atoms with Gasteiger partial charge in [-0.2, -0.15) is 0 Å². The molecule has 0 spiro atoms. The highest BCUT2D eigenvalue weighted by Gasteiger charge is 2.15. The summed E-state index contributed by atoms with van der Waals surface area (Å²) >= 11 is 0. The van der Waals surface area contributed by atoms with Crippen molar-refractivity contribution in [2.45, 2.75) is 179 Å². The Morgan fingerprint density at radius 3 is 1.60 bits per heavy atom. The second kappa shape index (κ2) is 31.2. The third-order valence-corrected chi connectivity index (χ3v) is 7.74. The van der Waals surface area contributed by atoms with Crippen LogP contribution in [0.25, 0.3) is 0 Å². The lowest BCUT2D eigenvalue weighted by molar-refractivity contribution is -0.121. The van der Waals surface area contributed by atoms with Crippen LogP contribution in [-0.4, -0.2) is 71.0 Å². The number of amides is 1. The zero-order valence-electron chi connectivity index (χ0n) is 26.1. The minimum atomic E-state index is -0.663. The van der Waals surface area contributed by atoms with E-state index in [-0.39, 0.29) is 25.7 Å². The average molecular weight is 574 g/mol. The van der Waals surface area contributed by atoms with E-state index in [4.69, 9.17) is 9.84 Å². The molecule has 3 atom stereocenters. The van der Waals surface area contributed by atoms with Gasteiger partial charge < -0.3 is 30.5 Å². The maximum atomic E-state index is 12.0. The van der Waals surface area contributed by atoms with Crippen LogP contribution in [0.15, 0.2) is 0 Å². The molecule has 0 heterocycles. The van der Waals surface area contributed by atoms with Gasteiger partial charge in [0.15, 0.2) is 0 Å². The van der Waals surface area contributed by atoms with E-state index in [0.717, 1.165) is 64.2 Å². The molecule has 0 aromatic heterocycles. The molecule has 0 aliphatic rings. The second-order valence-electron chi connectivity index (χ2n) is 11.8. The molecule has 0 aromatic rings. The van der Waals surface area contributed by atoms with E-state index in [9.17, 15) is 20.1 Å². The molecule has 0 aromatic carbocycles. The average Bonchev–Trinajstić information content (AvgIpc) is 2.95. The van der Waals surface area contributed by atoms with Crippen molar-refractivity contribution in [2.75, 3.05) is 26.4 Å². The molecule has 240 valence electrons. The van der Waals surface area contributed by atoms with E-state index in [0.29, 0.717) is 25.9 Å². The monoisotopic (exact) mass is 573 g/mol. The van der Waals surface area contributed by atoms with Gasteiger partial charge in [-0.25, -0.2) is 0 Å². The minimum absolute atomic E-state index is 0.0301. The number of carbonyl (C=O) groups is 1. The summed E-state index contributed by atoms with van der Waals surface area (Å²) in [5, 5.41) is 41.7. The Morgan fingerprint density at radius 1 is 0.625 bits per heavy atom. The molecule has 5 N–H and O–H groups in total. The summed E-state index contributed by atoms with van der Waals surface area (Å²) in [5.41, 5.74) is 0. The first-order valence-corrected chi connectivity index (χ1v) is 17.0. The first-order chi connectivity index (χ1) is 19.5. The molecule has 1 amide bonds. The number of ether oxygens (including phenoxy) is 1. The van der Waals surface area contributed by atoms with Crippen molar-refractivity contribution in [1.82, 2.24) is 5.32 Å². The van der Waals surface area contributed by atoms with E-state index in [1.165, 1.54) is 70.6 Å². The summed E-state index contributed by atoms with van der Waals surface area (Å²) in [5.74, 6) is -0.0301. The fourth-order valence-corrected chi connectivity index (χ4v) is 5.02. The normalized spacial score (nSPS) is 13.8. The van der Waals surface area contributed by atoms with E-state index in [1.807, 2.05) is 0 Å². The quantitative estimate of drug-likeness (QED) is 0.0580. The summed E-state index contributed by atoms with van der Waals surface area (Å²) in [6.45, 7) is 3.65. The summed E-state index contributed by atoms with van der Waals surface area (Å²) < 4.78 is 5.58. The predicted molar refractivity (Wildman–Crippen MR) is 165 cm³/mol. The van der Waals surface area contributed by atoms with Crippen LogP contribution in [0.1, 0.15) is 161 Å². The number of aliphatic hydroxyl groups excluding tert-OH is 4. The maximum Gasteiger partial charge on any atom is 0.220 e. The molecule has 40 heavy (non-hydrogen) atoms. The van der Waals surface area contributed by atoms with Crippen LogP contribution < -0.4 is 5.32 Å². The Morgan fingerprint density at radius 2 is 1.07 bits per heavy atom. The van der Waals surface area contributed by atoms with Crippen LogP contribution in [0, 0.1) is 0 Å². The summed E-state index contributed by atoms with van der Waals surface area (Å²) in [7, 11) is 0. The molecule has 0 rings (SSSR count). The predicted octanol–water partition coefficient (Wildman–Crippen LogP) is 6.58. The van der Waals surface area contributed by atoms with Crippen molar-refractivity contribution in [1.29, 1.82) is 0 Å². The number of aliphatic hydroxyl groups is 4. The van der Waals surface area contributed by atoms with Gasteiger partial charge in [-0.15, -0.1) is 0 Å². The van der Waals surface area contributed by atoms with Gasteiger partial charge in [-0.3, -0.25) is 4.79 Å². The first-order valence-electron chi connectivity index (χ1n) is 17.0. The smallest absolute Gasteiger partial charge is 0.220 e. The zero-order chi connectivity index (χ0) is 29.5. The molecule has 0 aliphatic carbocycles. The largest absolute Gasteiger partial charge is 0.396 e. The topological polar surface area (TPSA) is 119 Å². The Kier molecular flexibility index (Phi) is 30.6. The van der Waals surface area contributed by atoms with Crippen LogP contribution in [0.3, 0.4) is 0 Å². The van der Waals surface area contributed by atoms with Crippen molar-refractivity contribution < 1.29 is 30.0 Å². The van der Waals surface area contributed by atoms with Gasteiger partial charge in [0.05, 0.1) is 24.9 Å². The van der Waals surface area contributed by atoms with Gasteiger partial charge in [0.1, 0.15) is 0 Å². The molecule has 0 saturated heterocycles. The summed E-state index contributed by atoms with van der Waals surface area (Å²) in [4.78, 5) is 12.0.